The molecule has 3 aromatic heterocycles. The van der Waals surface area contributed by atoms with Gasteiger partial charge in [-0.3, -0.25) is 14.8 Å². The highest BCUT2D eigenvalue weighted by Gasteiger charge is 2.52. The van der Waals surface area contributed by atoms with E-state index in [9.17, 15) is 14.7 Å². The van der Waals surface area contributed by atoms with Crippen molar-refractivity contribution in [2.75, 3.05) is 5.32 Å². The number of anilines is 1. The van der Waals surface area contributed by atoms with Crippen molar-refractivity contribution in [2.45, 2.75) is 38.2 Å². The van der Waals surface area contributed by atoms with E-state index in [2.05, 4.69) is 10.4 Å². The van der Waals surface area contributed by atoms with Crippen molar-refractivity contribution < 1.29 is 23.8 Å². The van der Waals surface area contributed by atoms with Gasteiger partial charge in [0, 0.05) is 31.8 Å². The van der Waals surface area contributed by atoms with Gasteiger partial charge in [0.05, 0.1) is 17.2 Å². The van der Waals surface area contributed by atoms with Crippen molar-refractivity contribution >= 4 is 50.0 Å². The largest absolute Gasteiger partial charge is 0.481 e. The van der Waals surface area contributed by atoms with Gasteiger partial charge in [-0.15, -0.1) is 22.7 Å². The molecule has 1 amide bonds. The molecule has 0 unspecified atom stereocenters. The van der Waals surface area contributed by atoms with Crippen LogP contribution < -0.4 is 5.32 Å². The van der Waals surface area contributed by atoms with E-state index in [-0.39, 0.29) is 0 Å². The van der Waals surface area contributed by atoms with E-state index in [0.717, 1.165) is 35.8 Å². The molecule has 1 saturated carbocycles. The lowest BCUT2D eigenvalue weighted by atomic mass is 9.90. The van der Waals surface area contributed by atoms with Crippen molar-refractivity contribution in [3.05, 3.63) is 83.3 Å². The molecule has 6 rings (SSSR count). The Labute approximate surface area is 237 Å². The van der Waals surface area contributed by atoms with E-state index in [1.54, 1.807) is 24.0 Å². The second kappa shape index (κ2) is 9.87. The number of halogens is 1. The number of hydrogen-bond acceptors (Lipinski definition) is 6. The van der Waals surface area contributed by atoms with Crippen LogP contribution in [0.2, 0.25) is 0 Å². The van der Waals surface area contributed by atoms with Gasteiger partial charge in [-0.05, 0) is 67.6 Å². The van der Waals surface area contributed by atoms with Crippen LogP contribution in [-0.2, 0) is 22.0 Å². The summed E-state index contributed by atoms with van der Waals surface area (Å²) in [5.74, 6) is -0.788. The Morgan fingerprint density at radius 2 is 1.73 bits per heavy atom. The van der Waals surface area contributed by atoms with Crippen LogP contribution in [0.1, 0.15) is 42.6 Å². The van der Waals surface area contributed by atoms with E-state index in [1.165, 1.54) is 28.7 Å². The molecular formula is C30H26FN3O4S2. The van der Waals surface area contributed by atoms with E-state index >= 15 is 4.39 Å². The molecule has 0 aliphatic heterocycles. The molecule has 3 heterocycles. The van der Waals surface area contributed by atoms with Crippen molar-refractivity contribution in [1.29, 1.82) is 0 Å². The van der Waals surface area contributed by atoms with Gasteiger partial charge in [-0.25, -0.2) is 9.18 Å². The molecule has 10 heteroatoms. The van der Waals surface area contributed by atoms with Crippen LogP contribution in [0.25, 0.3) is 30.3 Å². The number of benzene rings is 2. The van der Waals surface area contributed by atoms with Crippen LogP contribution in [0.15, 0.2) is 60.8 Å². The molecule has 1 aliphatic carbocycles. The van der Waals surface area contributed by atoms with Crippen LogP contribution in [0.4, 0.5) is 15.0 Å². The molecule has 5 aromatic rings. The number of hydrogen-bond donors (Lipinski definition) is 2. The van der Waals surface area contributed by atoms with Crippen molar-refractivity contribution in [2.24, 2.45) is 7.05 Å². The number of carbonyl (C=O) groups is 2. The fourth-order valence-corrected chi connectivity index (χ4v) is 7.48. The standard InChI is InChI=1S/C30H26FN3O4S2/c1-16-11-19(22(31)12-21(16)30(9-10-30)28(35)36)23-13-25-26(39-23)14-24(40-25)20-15-32-34(3)27(20)33-29(37)38-17(2)18-7-5-4-6-8-18/h4-8,11-15,17H,9-10H2,1-3H3,(H,33,37)(H,35,36)/t17-/m1/s1. The average Bonchev–Trinajstić information content (AvgIpc) is 3.34. The fourth-order valence-electron chi connectivity index (χ4n) is 5.06. The second-order valence-corrected chi connectivity index (χ2v) is 12.3. The van der Waals surface area contributed by atoms with E-state index in [1.807, 2.05) is 56.3 Å². The third-order valence-corrected chi connectivity index (χ3v) is 9.80. The first-order chi connectivity index (χ1) is 19.2. The second-order valence-electron chi connectivity index (χ2n) is 10.1. The number of aliphatic carboxylic acids is 1. The number of thiophene rings is 2. The summed E-state index contributed by atoms with van der Waals surface area (Å²) < 4.78 is 24.4. The fraction of sp³-hybridized carbons (Fsp3) is 0.233. The first-order valence-corrected chi connectivity index (χ1v) is 14.4. The summed E-state index contributed by atoms with van der Waals surface area (Å²) in [4.78, 5) is 26.2. The lowest BCUT2D eigenvalue weighted by molar-refractivity contribution is -0.140. The highest BCUT2D eigenvalue weighted by atomic mass is 32.1. The summed E-state index contributed by atoms with van der Waals surface area (Å²) in [6.07, 6.45) is 1.78. The van der Waals surface area contributed by atoms with Crippen LogP contribution in [0.5, 0.6) is 0 Å². The molecule has 2 aromatic carbocycles. The maximum atomic E-state index is 15.2. The number of carbonyl (C=O) groups excluding carboxylic acids is 1. The smallest absolute Gasteiger partial charge is 0.413 e. The molecule has 1 aliphatic rings. The normalized spacial score (nSPS) is 14.7. The van der Waals surface area contributed by atoms with Gasteiger partial charge in [0.2, 0.25) is 0 Å². The minimum Gasteiger partial charge on any atom is -0.481 e. The number of rotatable bonds is 7. The molecule has 1 fully saturated rings. The Balaban J connectivity index is 1.24. The van der Waals surface area contributed by atoms with Gasteiger partial charge in [0.1, 0.15) is 17.7 Å². The van der Waals surface area contributed by atoms with Gasteiger partial charge in [0.15, 0.2) is 0 Å². The lowest BCUT2D eigenvalue weighted by Crippen LogP contribution is -2.21. The quantitative estimate of drug-likeness (QED) is 0.206. The Kier molecular flexibility index (Phi) is 6.47. The van der Waals surface area contributed by atoms with Crippen LogP contribution in [0.3, 0.4) is 0 Å². The highest BCUT2D eigenvalue weighted by molar-refractivity contribution is 7.31. The summed E-state index contributed by atoms with van der Waals surface area (Å²) in [7, 11) is 1.75. The van der Waals surface area contributed by atoms with Crippen LogP contribution in [0, 0.1) is 12.7 Å². The zero-order chi connectivity index (χ0) is 28.2. The zero-order valence-electron chi connectivity index (χ0n) is 22.0. The number of ether oxygens (including phenoxy) is 1. The summed E-state index contributed by atoms with van der Waals surface area (Å²) in [5, 5.41) is 16.8. The number of nitrogens with zero attached hydrogens (tertiary/aromatic N) is 2. The van der Waals surface area contributed by atoms with Crippen LogP contribution >= 0.6 is 22.7 Å². The number of nitrogens with one attached hydrogen (secondary N) is 1. The monoisotopic (exact) mass is 575 g/mol. The van der Waals surface area contributed by atoms with Gasteiger partial charge in [-0.1, -0.05) is 30.3 Å². The van der Waals surface area contributed by atoms with Gasteiger partial charge >= 0.3 is 12.1 Å². The molecule has 7 nitrogen and oxygen atoms in total. The first-order valence-electron chi connectivity index (χ1n) is 12.8. The number of fused-ring (bicyclic) bond motifs is 1. The Hall–Kier alpha value is -4.02. The molecule has 2 N–H and O–H groups in total. The maximum Gasteiger partial charge on any atom is 0.413 e. The molecule has 0 saturated heterocycles. The SMILES string of the molecule is Cc1cc(-c2cc3sc(-c4cnn(C)c4NC(=O)O[C@H](C)c4ccccc4)cc3s2)c(F)cc1C1(C(=O)O)CC1. The topological polar surface area (TPSA) is 93.5 Å². The predicted octanol–water partition coefficient (Wildman–Crippen LogP) is 7.90. The molecule has 0 bridgehead atoms. The summed E-state index contributed by atoms with van der Waals surface area (Å²) in [6.45, 7) is 3.66. The minimum atomic E-state index is -0.949. The van der Waals surface area contributed by atoms with Crippen LogP contribution in [-0.4, -0.2) is 26.9 Å². The summed E-state index contributed by atoms with van der Waals surface area (Å²) in [5.41, 5.74) is 2.53. The van der Waals surface area contributed by atoms with E-state index in [4.69, 9.17) is 4.74 Å². The number of aryl methyl sites for hydroxylation is 2. The molecule has 0 radical (unpaired) electrons. The number of carboxylic acid groups (broad SMARTS) is 1. The summed E-state index contributed by atoms with van der Waals surface area (Å²) >= 11 is 3.00. The predicted molar refractivity (Wildman–Crippen MR) is 156 cm³/mol. The van der Waals surface area contributed by atoms with E-state index in [0.29, 0.717) is 29.8 Å². The molecule has 0 spiro atoms. The molecule has 40 heavy (non-hydrogen) atoms. The molecule has 1 atom stereocenters. The third-order valence-electron chi connectivity index (χ3n) is 7.44. The molecular weight excluding hydrogens is 549 g/mol. The Morgan fingerprint density at radius 1 is 1.07 bits per heavy atom. The minimum absolute atomic E-state index is 0.413. The first kappa shape index (κ1) is 26.2. The average molecular weight is 576 g/mol. The Bertz CT molecular complexity index is 1740. The van der Waals surface area contributed by atoms with Gasteiger partial charge < -0.3 is 9.84 Å². The number of carboxylic acids is 1. The lowest BCUT2D eigenvalue weighted by Gasteiger charge is -2.15. The van der Waals surface area contributed by atoms with E-state index < -0.39 is 29.4 Å². The van der Waals surface area contributed by atoms with Gasteiger partial charge in [-0.2, -0.15) is 5.10 Å². The maximum absolute atomic E-state index is 15.2. The molecule has 204 valence electrons. The highest BCUT2D eigenvalue weighted by Crippen LogP contribution is 2.51. The number of amides is 1. The third kappa shape index (κ3) is 4.56. The number of aromatic nitrogens is 2. The summed E-state index contributed by atoms with van der Waals surface area (Å²) in [6, 6.07) is 16.6. The zero-order valence-corrected chi connectivity index (χ0v) is 23.7. The Morgan fingerprint density at radius 3 is 2.35 bits per heavy atom. The van der Waals surface area contributed by atoms with Crippen molar-refractivity contribution in [3.63, 3.8) is 0 Å². The van der Waals surface area contributed by atoms with Crippen molar-refractivity contribution in [1.82, 2.24) is 9.78 Å². The van der Waals surface area contributed by atoms with Crippen molar-refractivity contribution in [3.8, 4) is 20.9 Å². The van der Waals surface area contributed by atoms with Gasteiger partial charge in [0.25, 0.3) is 0 Å².